The molecule has 0 heterocycles. The van der Waals surface area contributed by atoms with Crippen LogP contribution >= 0.6 is 0 Å². The Hall–Kier alpha value is -0.410. The van der Waals surface area contributed by atoms with Crippen molar-refractivity contribution in [3.63, 3.8) is 0 Å². The van der Waals surface area contributed by atoms with E-state index in [2.05, 4.69) is 13.8 Å². The maximum Gasteiger partial charge on any atom is 0.133 e. The van der Waals surface area contributed by atoms with E-state index in [0.29, 0.717) is 18.6 Å². The van der Waals surface area contributed by atoms with Crippen molar-refractivity contribution in [1.29, 1.82) is 0 Å². The molecule has 2 N–H and O–H groups in total. The van der Waals surface area contributed by atoms with Gasteiger partial charge in [0, 0.05) is 19.4 Å². The molecule has 1 unspecified atom stereocenters. The highest BCUT2D eigenvalue weighted by Gasteiger charge is 2.43. The Morgan fingerprint density at radius 2 is 2.12 bits per heavy atom. The first-order valence-corrected chi connectivity index (χ1v) is 6.70. The van der Waals surface area contributed by atoms with Crippen LogP contribution in [0.4, 0.5) is 0 Å². The first-order valence-electron chi connectivity index (χ1n) is 6.70. The number of carbonyl (C=O) groups excluding carboxylic acids is 1. The molecule has 0 aromatic heterocycles. The fourth-order valence-electron chi connectivity index (χ4n) is 2.94. The van der Waals surface area contributed by atoms with Crippen molar-refractivity contribution in [2.24, 2.45) is 17.3 Å². The summed E-state index contributed by atoms with van der Waals surface area (Å²) in [5.41, 5.74) is -0.132. The highest BCUT2D eigenvalue weighted by Crippen LogP contribution is 2.45. The molecule has 1 fully saturated rings. The molecule has 0 spiro atoms. The van der Waals surface area contributed by atoms with Gasteiger partial charge in [0.2, 0.25) is 0 Å². The molecular formula is C14H26O3. The summed E-state index contributed by atoms with van der Waals surface area (Å²) in [6, 6.07) is 0. The van der Waals surface area contributed by atoms with Crippen LogP contribution in [0.3, 0.4) is 0 Å². The minimum Gasteiger partial charge on any atom is -0.396 e. The van der Waals surface area contributed by atoms with Crippen LogP contribution < -0.4 is 0 Å². The molecule has 4 atom stereocenters. The van der Waals surface area contributed by atoms with Gasteiger partial charge < -0.3 is 10.2 Å². The van der Waals surface area contributed by atoms with Crippen molar-refractivity contribution < 1.29 is 15.0 Å². The van der Waals surface area contributed by atoms with Crippen LogP contribution in [-0.4, -0.2) is 28.7 Å². The van der Waals surface area contributed by atoms with Crippen LogP contribution in [0, 0.1) is 17.3 Å². The molecule has 3 heteroatoms. The molecule has 1 aliphatic rings. The van der Waals surface area contributed by atoms with Crippen LogP contribution in [0.15, 0.2) is 0 Å². The summed E-state index contributed by atoms with van der Waals surface area (Å²) in [4.78, 5) is 11.7. The van der Waals surface area contributed by atoms with Gasteiger partial charge in [-0.1, -0.05) is 20.3 Å². The minimum absolute atomic E-state index is 0.132. The lowest BCUT2D eigenvalue weighted by Crippen LogP contribution is -2.43. The van der Waals surface area contributed by atoms with Gasteiger partial charge in [-0.05, 0) is 37.0 Å². The number of hydrogen-bond donors (Lipinski definition) is 2. The second-order valence-corrected chi connectivity index (χ2v) is 5.99. The summed E-state index contributed by atoms with van der Waals surface area (Å²) in [7, 11) is 0. The van der Waals surface area contributed by atoms with E-state index in [-0.39, 0.29) is 30.0 Å². The predicted molar refractivity (Wildman–Crippen MR) is 67.6 cm³/mol. The largest absolute Gasteiger partial charge is 0.396 e. The number of Topliss-reactive ketones (excluding diaryl/α,β-unsaturated/α-hetero) is 1. The van der Waals surface area contributed by atoms with E-state index in [1.54, 1.807) is 6.92 Å². The Morgan fingerprint density at radius 3 is 2.65 bits per heavy atom. The highest BCUT2D eigenvalue weighted by atomic mass is 16.3. The summed E-state index contributed by atoms with van der Waals surface area (Å²) in [5.74, 6) is 0.846. The summed E-state index contributed by atoms with van der Waals surface area (Å²) in [5, 5.41) is 18.9. The van der Waals surface area contributed by atoms with E-state index in [1.807, 2.05) is 0 Å². The van der Waals surface area contributed by atoms with Crippen LogP contribution in [0.1, 0.15) is 52.9 Å². The SMILES string of the molecule is CC(O)CCC[C@H]1CC(=O)C[C@H](C)[C@]1(C)CO. The third kappa shape index (κ3) is 3.52. The monoisotopic (exact) mass is 242 g/mol. The van der Waals surface area contributed by atoms with E-state index in [0.717, 1.165) is 19.3 Å². The zero-order valence-corrected chi connectivity index (χ0v) is 11.3. The molecule has 0 radical (unpaired) electrons. The lowest BCUT2D eigenvalue weighted by Gasteiger charge is -2.44. The van der Waals surface area contributed by atoms with Crippen molar-refractivity contribution in [3.8, 4) is 0 Å². The zero-order valence-electron chi connectivity index (χ0n) is 11.3. The van der Waals surface area contributed by atoms with Gasteiger partial charge in [0.25, 0.3) is 0 Å². The quantitative estimate of drug-likeness (QED) is 0.776. The zero-order chi connectivity index (χ0) is 13.1. The maximum atomic E-state index is 11.7. The number of ketones is 1. The molecule has 1 rings (SSSR count). The van der Waals surface area contributed by atoms with Crippen LogP contribution in [0.5, 0.6) is 0 Å². The molecule has 100 valence electrons. The van der Waals surface area contributed by atoms with E-state index in [4.69, 9.17) is 0 Å². The lowest BCUT2D eigenvalue weighted by molar-refractivity contribution is -0.130. The van der Waals surface area contributed by atoms with Gasteiger partial charge >= 0.3 is 0 Å². The summed E-state index contributed by atoms with van der Waals surface area (Å²) < 4.78 is 0. The van der Waals surface area contributed by atoms with E-state index < -0.39 is 0 Å². The van der Waals surface area contributed by atoms with Gasteiger partial charge in [-0.15, -0.1) is 0 Å². The van der Waals surface area contributed by atoms with Gasteiger partial charge in [-0.25, -0.2) is 0 Å². The first-order chi connectivity index (χ1) is 7.90. The van der Waals surface area contributed by atoms with Crippen LogP contribution in [0.25, 0.3) is 0 Å². The molecule has 0 aliphatic heterocycles. The van der Waals surface area contributed by atoms with Crippen molar-refractivity contribution in [2.45, 2.75) is 59.0 Å². The molecule has 0 aromatic rings. The van der Waals surface area contributed by atoms with Crippen molar-refractivity contribution in [1.82, 2.24) is 0 Å². The van der Waals surface area contributed by atoms with E-state index in [1.165, 1.54) is 0 Å². The van der Waals surface area contributed by atoms with Crippen LogP contribution in [0.2, 0.25) is 0 Å². The predicted octanol–water partition coefficient (Wildman–Crippen LogP) is 2.15. The number of hydrogen-bond acceptors (Lipinski definition) is 3. The van der Waals surface area contributed by atoms with Gasteiger partial charge in [0.15, 0.2) is 0 Å². The maximum absolute atomic E-state index is 11.7. The molecule has 17 heavy (non-hydrogen) atoms. The Labute approximate surface area is 104 Å². The summed E-state index contributed by atoms with van der Waals surface area (Å²) >= 11 is 0. The Balaban J connectivity index is 2.61. The highest BCUT2D eigenvalue weighted by molar-refractivity contribution is 5.80. The van der Waals surface area contributed by atoms with E-state index in [9.17, 15) is 15.0 Å². The fraction of sp³-hybridized carbons (Fsp3) is 0.929. The molecule has 0 aromatic carbocycles. The Morgan fingerprint density at radius 1 is 1.47 bits per heavy atom. The molecule has 0 bridgehead atoms. The third-order valence-electron chi connectivity index (χ3n) is 4.58. The van der Waals surface area contributed by atoms with Crippen molar-refractivity contribution in [2.75, 3.05) is 6.61 Å². The molecule has 1 saturated carbocycles. The molecule has 0 amide bonds. The van der Waals surface area contributed by atoms with Gasteiger partial charge in [0.1, 0.15) is 5.78 Å². The smallest absolute Gasteiger partial charge is 0.133 e. The molecule has 0 saturated heterocycles. The lowest BCUT2D eigenvalue weighted by atomic mass is 9.60. The van der Waals surface area contributed by atoms with Gasteiger partial charge in [-0.2, -0.15) is 0 Å². The molecule has 1 aliphatic carbocycles. The standard InChI is InChI=1S/C14H26O3/c1-10-7-13(17)8-12(14(10,3)9-15)6-4-5-11(2)16/h10-12,15-16H,4-9H2,1-3H3/t10-,11?,12-,14-/m0/s1. The third-order valence-corrected chi connectivity index (χ3v) is 4.58. The number of carbonyl (C=O) groups is 1. The molecule has 3 nitrogen and oxygen atoms in total. The Bertz CT molecular complexity index is 262. The minimum atomic E-state index is -0.271. The second-order valence-electron chi connectivity index (χ2n) is 5.99. The van der Waals surface area contributed by atoms with Gasteiger partial charge in [-0.3, -0.25) is 4.79 Å². The van der Waals surface area contributed by atoms with E-state index >= 15 is 0 Å². The average Bonchev–Trinajstić information content (AvgIpc) is 2.24. The topological polar surface area (TPSA) is 57.5 Å². The van der Waals surface area contributed by atoms with Crippen molar-refractivity contribution >= 4 is 5.78 Å². The number of aliphatic hydroxyl groups excluding tert-OH is 2. The normalized spacial score (nSPS) is 35.9. The first kappa shape index (κ1) is 14.7. The average molecular weight is 242 g/mol. The van der Waals surface area contributed by atoms with Crippen molar-refractivity contribution in [3.05, 3.63) is 0 Å². The fourth-order valence-corrected chi connectivity index (χ4v) is 2.94. The number of rotatable bonds is 5. The molecular weight excluding hydrogens is 216 g/mol. The summed E-state index contributed by atoms with van der Waals surface area (Å²) in [6.45, 7) is 6.10. The second kappa shape index (κ2) is 5.96. The van der Waals surface area contributed by atoms with Gasteiger partial charge in [0.05, 0.1) is 6.10 Å². The van der Waals surface area contributed by atoms with Crippen LogP contribution in [-0.2, 0) is 4.79 Å². The number of aliphatic hydroxyl groups is 2. The Kier molecular flexibility index (Phi) is 5.14. The summed E-state index contributed by atoms with van der Waals surface area (Å²) in [6.07, 6.45) is 3.56.